The van der Waals surface area contributed by atoms with E-state index in [1.54, 1.807) is 0 Å². The van der Waals surface area contributed by atoms with Crippen LogP contribution in [0.25, 0.3) is 0 Å². The van der Waals surface area contributed by atoms with Gasteiger partial charge in [0.25, 0.3) is 0 Å². The fourth-order valence-corrected chi connectivity index (χ4v) is 0. The maximum absolute atomic E-state index is 8.74. The van der Waals surface area contributed by atoms with E-state index in [0.717, 1.165) is 0 Å². The van der Waals surface area contributed by atoms with Crippen molar-refractivity contribution in [3.05, 3.63) is 0 Å². The van der Waals surface area contributed by atoms with E-state index in [-0.39, 0.29) is 211 Å². The number of rotatable bonds is 0. The van der Waals surface area contributed by atoms with Crippen molar-refractivity contribution in [3.8, 4) is 0 Å². The van der Waals surface area contributed by atoms with E-state index in [4.69, 9.17) is 17.5 Å². The third kappa shape index (κ3) is 54.0. The molecule has 0 aliphatic heterocycles. The first kappa shape index (κ1) is 29.5. The molecule has 9 heteroatoms. The van der Waals surface area contributed by atoms with E-state index in [0.29, 0.717) is 0 Å². The summed E-state index contributed by atoms with van der Waals surface area (Å²) in [4.78, 5) is 0. The molecule has 0 aliphatic rings. The molecule has 0 aromatic carbocycles. The quantitative estimate of drug-likeness (QED) is 0.334. The SMILES string of the molecule is O=S(=O)(O)O.[H-].[H-].[H-].[H-].[K+].[K+].[K+].[K+]. The van der Waals surface area contributed by atoms with E-state index >= 15 is 0 Å². The Morgan fingerprint density at radius 1 is 0.889 bits per heavy atom. The predicted molar refractivity (Wildman–Crippen MR) is 18.6 cm³/mol. The molecule has 0 heterocycles. The Hall–Kier alpha value is 6.42. The predicted octanol–water partition coefficient (Wildman–Crippen LogP) is -12.2. The Bertz CT molecular complexity index is 107. The van der Waals surface area contributed by atoms with Crippen molar-refractivity contribution in [2.24, 2.45) is 0 Å². The Kier molecular flexibility index (Phi) is 55.2. The van der Waals surface area contributed by atoms with Gasteiger partial charge in [-0.3, -0.25) is 9.11 Å². The van der Waals surface area contributed by atoms with Gasteiger partial charge in [0.15, 0.2) is 0 Å². The Labute approximate surface area is 231 Å². The molecular formula is H6K4O4S. The van der Waals surface area contributed by atoms with E-state index < -0.39 is 10.4 Å². The molecule has 0 aromatic heterocycles. The van der Waals surface area contributed by atoms with Gasteiger partial charge in [0.1, 0.15) is 0 Å². The minimum atomic E-state index is -4.67. The molecule has 0 spiro atoms. The average Bonchev–Trinajstić information content (AvgIpc) is 0.722. The van der Waals surface area contributed by atoms with Gasteiger partial charge in [-0.15, -0.1) is 0 Å². The zero-order chi connectivity index (χ0) is 4.50. The van der Waals surface area contributed by atoms with Crippen LogP contribution in [0.3, 0.4) is 0 Å². The van der Waals surface area contributed by atoms with Gasteiger partial charge in [0, 0.05) is 0 Å². The molecule has 0 fully saturated rings. The summed E-state index contributed by atoms with van der Waals surface area (Å²) in [5.74, 6) is 0. The van der Waals surface area contributed by atoms with Gasteiger partial charge in [-0.1, -0.05) is 0 Å². The van der Waals surface area contributed by atoms with Crippen LogP contribution in [-0.2, 0) is 10.4 Å². The molecule has 0 aliphatic carbocycles. The van der Waals surface area contributed by atoms with Crippen LogP contribution in [0.2, 0.25) is 0 Å². The fourth-order valence-electron chi connectivity index (χ4n) is 0. The summed E-state index contributed by atoms with van der Waals surface area (Å²) in [6.07, 6.45) is 0. The summed E-state index contributed by atoms with van der Waals surface area (Å²) < 4.78 is 31.6. The van der Waals surface area contributed by atoms with Gasteiger partial charge in [-0.25, -0.2) is 0 Å². The van der Waals surface area contributed by atoms with Gasteiger partial charge < -0.3 is 5.71 Å². The zero-order valence-electron chi connectivity index (χ0n) is 10.1. The molecule has 0 unspecified atom stereocenters. The van der Waals surface area contributed by atoms with Crippen molar-refractivity contribution in [1.29, 1.82) is 0 Å². The molecule has 0 radical (unpaired) electrons. The van der Waals surface area contributed by atoms with Crippen molar-refractivity contribution in [2.45, 2.75) is 0 Å². The summed E-state index contributed by atoms with van der Waals surface area (Å²) in [6, 6.07) is 0. The van der Waals surface area contributed by atoms with Gasteiger partial charge in [0.05, 0.1) is 0 Å². The van der Waals surface area contributed by atoms with E-state index in [1.165, 1.54) is 0 Å². The standard InChI is InChI=1S/4K.H2O4S.4H/c;;;;1-5(2,3)4;;;;/h;;;;(H2,1,2,3,4);;;;/q4*+1;;4*-1. The summed E-state index contributed by atoms with van der Waals surface area (Å²) in [5, 5.41) is 0. The first-order chi connectivity index (χ1) is 2.00. The molecule has 2 N–H and O–H groups in total. The number of hydrogen-bond acceptors (Lipinski definition) is 2. The van der Waals surface area contributed by atoms with Gasteiger partial charge in [-0.2, -0.15) is 8.42 Å². The second-order valence-electron chi connectivity index (χ2n) is 0.448. The topological polar surface area (TPSA) is 74.6 Å². The average molecular weight is 259 g/mol. The second-order valence-corrected chi connectivity index (χ2v) is 1.34. The van der Waals surface area contributed by atoms with Crippen molar-refractivity contribution >= 4 is 10.4 Å². The molecule has 4 nitrogen and oxygen atoms in total. The van der Waals surface area contributed by atoms with Gasteiger partial charge in [0.2, 0.25) is 0 Å². The first-order valence-electron chi connectivity index (χ1n) is 0.698. The molecule has 0 amide bonds. The molecule has 9 heavy (non-hydrogen) atoms. The largest absolute Gasteiger partial charge is 1.00 e. The molecule has 0 saturated carbocycles. The molecular weight excluding hydrogens is 252 g/mol. The van der Waals surface area contributed by atoms with E-state index in [9.17, 15) is 0 Å². The summed E-state index contributed by atoms with van der Waals surface area (Å²) in [5.41, 5.74) is 0. The van der Waals surface area contributed by atoms with Gasteiger partial charge >= 0.3 is 216 Å². The third-order valence-corrected chi connectivity index (χ3v) is 0. The van der Waals surface area contributed by atoms with Crippen LogP contribution in [0.15, 0.2) is 0 Å². The fraction of sp³-hybridized carbons (Fsp3) is 0. The van der Waals surface area contributed by atoms with Crippen LogP contribution in [0.5, 0.6) is 0 Å². The minimum absolute atomic E-state index is 0. The molecule has 40 valence electrons. The second kappa shape index (κ2) is 16.8. The Balaban J connectivity index is -0.00000000286. The monoisotopic (exact) mass is 258 g/mol. The summed E-state index contributed by atoms with van der Waals surface area (Å²) >= 11 is 0. The van der Waals surface area contributed by atoms with Crippen LogP contribution < -0.4 is 206 Å². The molecule has 0 rings (SSSR count). The van der Waals surface area contributed by atoms with Crippen LogP contribution in [0.4, 0.5) is 0 Å². The van der Waals surface area contributed by atoms with Crippen molar-refractivity contribution in [2.75, 3.05) is 0 Å². The van der Waals surface area contributed by atoms with Crippen molar-refractivity contribution < 1.29 is 229 Å². The van der Waals surface area contributed by atoms with E-state index in [2.05, 4.69) is 0 Å². The molecule has 0 atom stereocenters. The maximum atomic E-state index is 8.74. The van der Waals surface area contributed by atoms with Crippen LogP contribution in [0.1, 0.15) is 5.71 Å². The molecule has 0 bridgehead atoms. The third-order valence-electron chi connectivity index (χ3n) is 0. The summed E-state index contributed by atoms with van der Waals surface area (Å²) in [6.45, 7) is 0. The van der Waals surface area contributed by atoms with E-state index in [1.807, 2.05) is 0 Å². The Morgan fingerprint density at radius 3 is 0.889 bits per heavy atom. The summed E-state index contributed by atoms with van der Waals surface area (Å²) in [7, 11) is -4.67. The maximum Gasteiger partial charge on any atom is 1.00 e. The van der Waals surface area contributed by atoms with Crippen molar-refractivity contribution in [3.63, 3.8) is 0 Å². The smallest absolute Gasteiger partial charge is 1.00 e. The normalized spacial score (nSPS) is 6.44. The molecule has 0 aromatic rings. The van der Waals surface area contributed by atoms with Crippen LogP contribution in [-0.4, -0.2) is 17.5 Å². The first-order valence-corrected chi connectivity index (χ1v) is 2.10. The molecule has 0 saturated heterocycles. The van der Waals surface area contributed by atoms with Crippen molar-refractivity contribution in [1.82, 2.24) is 0 Å². The minimum Gasteiger partial charge on any atom is -1.00 e. The van der Waals surface area contributed by atoms with Gasteiger partial charge in [-0.05, 0) is 0 Å². The Morgan fingerprint density at radius 2 is 0.889 bits per heavy atom. The van der Waals surface area contributed by atoms with Crippen LogP contribution in [0, 0.1) is 0 Å². The zero-order valence-corrected chi connectivity index (χ0v) is 19.4. The number of hydrogen-bond donors (Lipinski definition) is 2. The van der Waals surface area contributed by atoms with Crippen LogP contribution >= 0.6 is 0 Å².